The van der Waals surface area contributed by atoms with Crippen molar-refractivity contribution in [3.8, 4) is 5.75 Å². The van der Waals surface area contributed by atoms with Gasteiger partial charge in [-0.05, 0) is 43.0 Å². The van der Waals surface area contributed by atoms with Crippen LogP contribution in [0.25, 0.3) is 32.6 Å². The Labute approximate surface area is 161 Å². The van der Waals surface area contributed by atoms with Gasteiger partial charge in [-0.1, -0.05) is 42.5 Å². The maximum atomic E-state index is 6.15. The van der Waals surface area contributed by atoms with Crippen molar-refractivity contribution in [2.75, 3.05) is 0 Å². The minimum Gasteiger partial charge on any atom is -0.456 e. The second-order valence-corrected chi connectivity index (χ2v) is 8.95. The van der Waals surface area contributed by atoms with Gasteiger partial charge < -0.3 is 4.74 Å². The first-order valence-electron chi connectivity index (χ1n) is 9.23. The number of nitrogens with zero attached hydrogens (tertiary/aromatic N) is 1. The molecule has 0 saturated heterocycles. The maximum absolute atomic E-state index is 6.15. The summed E-state index contributed by atoms with van der Waals surface area (Å²) < 4.78 is 7.50. The Morgan fingerprint density at radius 1 is 1.00 bits per heavy atom. The molecule has 0 amide bonds. The monoisotopic (exact) mass is 370 g/mol. The molecule has 0 aliphatic carbocycles. The second-order valence-electron chi connectivity index (χ2n) is 6.74. The highest BCUT2D eigenvalue weighted by molar-refractivity contribution is 7.37. The van der Waals surface area contributed by atoms with Crippen LogP contribution in [0.4, 0.5) is 0 Å². The predicted molar refractivity (Wildman–Crippen MR) is 116 cm³/mol. The number of hydrogen-bond donors (Lipinski definition) is 0. The quantitative estimate of drug-likeness (QED) is 0.355. The number of aryl methyl sites for hydroxylation is 1. The van der Waals surface area contributed by atoms with Gasteiger partial charge in [-0.3, -0.25) is 0 Å². The molecule has 1 atom stereocenters. The van der Waals surface area contributed by atoms with Gasteiger partial charge >= 0.3 is 0 Å². The van der Waals surface area contributed by atoms with Gasteiger partial charge in [-0.15, -0.1) is 0 Å². The summed E-state index contributed by atoms with van der Waals surface area (Å²) in [5, 5.41) is 3.59. The zero-order valence-corrected chi connectivity index (χ0v) is 16.2. The van der Waals surface area contributed by atoms with E-state index < -0.39 is 0 Å². The van der Waals surface area contributed by atoms with Gasteiger partial charge in [0.1, 0.15) is 22.8 Å². The third-order valence-electron chi connectivity index (χ3n) is 5.06. The fraction of sp³-hybridized carbons (Fsp3) is 0.125. The minimum absolute atomic E-state index is 0.00939. The summed E-state index contributed by atoms with van der Waals surface area (Å²) in [6, 6.07) is 21.1. The van der Waals surface area contributed by atoms with E-state index in [1.165, 1.54) is 21.0 Å². The zero-order valence-electron chi connectivity index (χ0n) is 15.4. The van der Waals surface area contributed by atoms with E-state index in [2.05, 4.69) is 68.5 Å². The molecular formula is C24H20NOS+. The van der Waals surface area contributed by atoms with Crippen molar-refractivity contribution in [2.24, 2.45) is 0 Å². The van der Waals surface area contributed by atoms with Gasteiger partial charge in [-0.25, -0.2) is 0 Å². The van der Waals surface area contributed by atoms with E-state index in [9.17, 15) is 0 Å². The SMILES string of the molecule is CC[s+]1c(C=C2C=C(C)c3ccccc3O2)nc2c3ccccc3ccc21. The third-order valence-corrected chi connectivity index (χ3v) is 7.21. The molecule has 0 N–H and O–H groups in total. The van der Waals surface area contributed by atoms with E-state index in [1.807, 2.05) is 18.2 Å². The number of ether oxygens (including phenoxy) is 1. The van der Waals surface area contributed by atoms with E-state index >= 15 is 0 Å². The number of fused-ring (bicyclic) bond motifs is 4. The van der Waals surface area contributed by atoms with E-state index in [0.29, 0.717) is 0 Å². The smallest absolute Gasteiger partial charge is 0.271 e. The number of benzene rings is 3. The third kappa shape index (κ3) is 2.66. The van der Waals surface area contributed by atoms with Crippen LogP contribution in [0.3, 0.4) is 0 Å². The van der Waals surface area contributed by atoms with E-state index in [0.717, 1.165) is 33.3 Å². The Kier molecular flexibility index (Phi) is 3.83. The number of hydrogen-bond acceptors (Lipinski definition) is 2. The number of thiazole rings is 1. The summed E-state index contributed by atoms with van der Waals surface area (Å²) in [6.07, 6.45) is 4.24. The minimum atomic E-state index is -0.00939. The predicted octanol–water partition coefficient (Wildman–Crippen LogP) is 6.99. The second kappa shape index (κ2) is 6.36. The molecule has 1 unspecified atom stereocenters. The van der Waals surface area contributed by atoms with Crippen molar-refractivity contribution in [1.82, 2.24) is 4.98 Å². The molecule has 3 aromatic carbocycles. The maximum Gasteiger partial charge on any atom is 0.271 e. The Morgan fingerprint density at radius 2 is 1.81 bits per heavy atom. The lowest BCUT2D eigenvalue weighted by atomic mass is 10.0. The Hall–Kier alpha value is -2.91. The highest BCUT2D eigenvalue weighted by Gasteiger charge is 2.23. The van der Waals surface area contributed by atoms with E-state index in [4.69, 9.17) is 9.72 Å². The van der Waals surface area contributed by atoms with Crippen LogP contribution in [-0.2, 0) is 5.75 Å². The summed E-state index contributed by atoms with van der Waals surface area (Å²) in [5.74, 6) is 2.84. The van der Waals surface area contributed by atoms with Gasteiger partial charge in [0.25, 0.3) is 5.01 Å². The van der Waals surface area contributed by atoms with Gasteiger partial charge in [0, 0.05) is 27.5 Å². The van der Waals surface area contributed by atoms with Crippen molar-refractivity contribution in [3.63, 3.8) is 0 Å². The van der Waals surface area contributed by atoms with E-state index in [-0.39, 0.29) is 10.5 Å². The standard InChI is InChI=1S/C24H20NOS/c1-3-27-22-13-12-17-8-4-5-10-20(17)24(22)25-23(27)15-18-14-16(2)19-9-6-7-11-21(19)26-18/h4-15H,3H2,1-2H3/q+1. The van der Waals surface area contributed by atoms with Crippen LogP contribution in [-0.4, -0.2) is 4.98 Å². The summed E-state index contributed by atoms with van der Waals surface area (Å²) in [4.78, 5) is 5.05. The zero-order chi connectivity index (χ0) is 18.4. The fourth-order valence-electron chi connectivity index (χ4n) is 3.76. The molecule has 4 aromatic rings. The first-order chi connectivity index (χ1) is 13.2. The van der Waals surface area contributed by atoms with Crippen LogP contribution >= 0.6 is 10.5 Å². The first kappa shape index (κ1) is 16.3. The molecular weight excluding hydrogens is 350 g/mol. The van der Waals surface area contributed by atoms with Crippen LogP contribution in [0.1, 0.15) is 24.4 Å². The summed E-state index contributed by atoms with van der Waals surface area (Å²) in [6.45, 7) is 4.37. The molecule has 5 rings (SSSR count). The molecule has 132 valence electrons. The summed E-state index contributed by atoms with van der Waals surface area (Å²) in [5.41, 5.74) is 3.51. The first-order valence-corrected chi connectivity index (χ1v) is 10.6. The Morgan fingerprint density at radius 3 is 2.70 bits per heavy atom. The lowest BCUT2D eigenvalue weighted by molar-refractivity contribution is 0.443. The highest BCUT2D eigenvalue weighted by Crippen LogP contribution is 2.40. The molecule has 0 saturated carbocycles. The van der Waals surface area contributed by atoms with Gasteiger partial charge in [0.15, 0.2) is 0 Å². The summed E-state index contributed by atoms with van der Waals surface area (Å²) >= 11 is 0. The van der Waals surface area contributed by atoms with Crippen LogP contribution in [0.2, 0.25) is 0 Å². The number of aromatic nitrogens is 1. The molecule has 2 nitrogen and oxygen atoms in total. The highest BCUT2D eigenvalue weighted by atomic mass is 32.2. The molecule has 27 heavy (non-hydrogen) atoms. The van der Waals surface area contributed by atoms with Crippen molar-refractivity contribution in [2.45, 2.75) is 19.6 Å². The molecule has 0 bridgehead atoms. The number of allylic oxidation sites excluding steroid dienone is 2. The molecule has 0 radical (unpaired) electrons. The van der Waals surface area contributed by atoms with Crippen molar-refractivity contribution in [1.29, 1.82) is 0 Å². The van der Waals surface area contributed by atoms with Crippen LogP contribution < -0.4 is 4.74 Å². The van der Waals surface area contributed by atoms with Crippen LogP contribution in [0.15, 0.2) is 72.5 Å². The lowest BCUT2D eigenvalue weighted by Crippen LogP contribution is -2.01. The largest absolute Gasteiger partial charge is 0.456 e. The Bertz CT molecular complexity index is 1250. The van der Waals surface area contributed by atoms with Crippen molar-refractivity contribution >= 4 is 43.1 Å². The lowest BCUT2D eigenvalue weighted by Gasteiger charge is -2.17. The fourth-order valence-corrected chi connectivity index (χ4v) is 5.67. The Balaban J connectivity index is 1.69. The number of para-hydroxylation sites is 1. The molecule has 0 fully saturated rings. The van der Waals surface area contributed by atoms with Gasteiger partial charge in [-0.2, -0.15) is 4.98 Å². The average molecular weight is 370 g/mol. The van der Waals surface area contributed by atoms with E-state index in [1.54, 1.807) is 0 Å². The van der Waals surface area contributed by atoms with Gasteiger partial charge in [0.2, 0.25) is 4.70 Å². The molecule has 3 heteroatoms. The molecule has 2 heterocycles. The number of rotatable bonds is 2. The van der Waals surface area contributed by atoms with Crippen molar-refractivity contribution < 1.29 is 4.74 Å². The molecule has 1 aliphatic heterocycles. The molecule has 1 aliphatic rings. The normalized spacial score (nSPS) is 15.7. The van der Waals surface area contributed by atoms with Gasteiger partial charge in [0.05, 0.1) is 6.08 Å². The molecule has 0 spiro atoms. The van der Waals surface area contributed by atoms with Crippen LogP contribution in [0, 0.1) is 0 Å². The summed E-state index contributed by atoms with van der Waals surface area (Å²) in [7, 11) is -0.00939. The molecule has 1 aromatic heterocycles. The van der Waals surface area contributed by atoms with Crippen molar-refractivity contribution in [3.05, 3.63) is 83.1 Å². The average Bonchev–Trinajstić information content (AvgIpc) is 3.05. The van der Waals surface area contributed by atoms with Crippen LogP contribution in [0.5, 0.6) is 5.75 Å². The topological polar surface area (TPSA) is 22.1 Å².